The average molecular weight is 313 g/mol. The van der Waals surface area contributed by atoms with Crippen molar-refractivity contribution < 1.29 is 14.3 Å². The molecule has 0 bridgehead atoms. The van der Waals surface area contributed by atoms with Gasteiger partial charge in [-0.05, 0) is 30.7 Å². The number of amides is 2. The van der Waals surface area contributed by atoms with Crippen LogP contribution in [0.5, 0.6) is 5.75 Å². The molecule has 0 unspecified atom stereocenters. The number of carbonyl (C=O) groups excluding carboxylic acids is 2. The maximum Gasteiger partial charge on any atom is 0.269 e. The minimum Gasteiger partial charge on any atom is -0.497 e. The molecule has 0 saturated heterocycles. The Morgan fingerprint density at radius 1 is 1.17 bits per heavy atom. The Balaban J connectivity index is 2.11. The molecule has 2 aromatic rings. The first-order chi connectivity index (χ1) is 11.1. The maximum atomic E-state index is 12.3. The van der Waals surface area contributed by atoms with Crippen LogP contribution in [0.2, 0.25) is 0 Å². The molecule has 1 heterocycles. The zero-order chi connectivity index (χ0) is 16.7. The summed E-state index contributed by atoms with van der Waals surface area (Å²) >= 11 is 0. The molecule has 0 aliphatic rings. The third kappa shape index (κ3) is 4.54. The third-order valence-corrected chi connectivity index (χ3v) is 3.12. The highest BCUT2D eigenvalue weighted by Crippen LogP contribution is 2.17. The van der Waals surface area contributed by atoms with Crippen LogP contribution in [0.4, 0.5) is 5.69 Å². The second-order valence-electron chi connectivity index (χ2n) is 4.87. The number of nitrogens with zero attached hydrogens (tertiary/aromatic N) is 1. The lowest BCUT2D eigenvalue weighted by Gasteiger charge is -2.08. The van der Waals surface area contributed by atoms with Crippen LogP contribution in [0.15, 0.2) is 42.6 Å². The first-order valence-corrected chi connectivity index (χ1v) is 7.33. The van der Waals surface area contributed by atoms with Crippen LogP contribution in [-0.2, 0) is 0 Å². The van der Waals surface area contributed by atoms with Crippen LogP contribution in [-0.4, -0.2) is 30.5 Å². The Bertz CT molecular complexity index is 701. The van der Waals surface area contributed by atoms with Gasteiger partial charge in [0.25, 0.3) is 11.8 Å². The number of nitrogens with one attached hydrogen (secondary N) is 2. The number of benzene rings is 1. The Labute approximate surface area is 134 Å². The summed E-state index contributed by atoms with van der Waals surface area (Å²) in [6.07, 6.45) is 2.28. The molecule has 0 aliphatic carbocycles. The third-order valence-electron chi connectivity index (χ3n) is 3.12. The molecule has 1 aromatic carbocycles. The lowest BCUT2D eigenvalue weighted by atomic mass is 10.2. The van der Waals surface area contributed by atoms with Gasteiger partial charge in [0, 0.05) is 30.1 Å². The molecule has 6 heteroatoms. The normalized spacial score (nSPS) is 10.0. The van der Waals surface area contributed by atoms with E-state index in [0.29, 0.717) is 23.5 Å². The van der Waals surface area contributed by atoms with E-state index in [1.807, 2.05) is 6.92 Å². The summed E-state index contributed by atoms with van der Waals surface area (Å²) in [4.78, 5) is 28.2. The fourth-order valence-corrected chi connectivity index (χ4v) is 1.93. The largest absolute Gasteiger partial charge is 0.497 e. The van der Waals surface area contributed by atoms with Gasteiger partial charge in [-0.2, -0.15) is 0 Å². The van der Waals surface area contributed by atoms with Crippen molar-refractivity contribution in [1.82, 2.24) is 10.3 Å². The lowest BCUT2D eigenvalue weighted by molar-refractivity contribution is 0.0948. The molecule has 1 aromatic heterocycles. The Morgan fingerprint density at radius 2 is 2.00 bits per heavy atom. The van der Waals surface area contributed by atoms with Crippen LogP contribution in [0.3, 0.4) is 0 Å². The number of rotatable bonds is 6. The van der Waals surface area contributed by atoms with Crippen molar-refractivity contribution in [3.05, 3.63) is 53.9 Å². The average Bonchev–Trinajstić information content (AvgIpc) is 2.59. The molecule has 0 radical (unpaired) electrons. The molecule has 0 aliphatic heterocycles. The van der Waals surface area contributed by atoms with Crippen molar-refractivity contribution in [2.75, 3.05) is 19.0 Å². The minimum atomic E-state index is -0.315. The number of methoxy groups -OCH3 is 1. The number of ether oxygens (including phenoxy) is 1. The number of carbonyl (C=O) groups is 2. The maximum absolute atomic E-state index is 12.3. The van der Waals surface area contributed by atoms with Crippen molar-refractivity contribution in [3.63, 3.8) is 0 Å². The van der Waals surface area contributed by atoms with E-state index in [2.05, 4.69) is 15.6 Å². The van der Waals surface area contributed by atoms with E-state index in [-0.39, 0.29) is 17.5 Å². The van der Waals surface area contributed by atoms with Crippen molar-refractivity contribution in [2.24, 2.45) is 0 Å². The Kier molecular flexibility index (Phi) is 5.68. The molecule has 2 N–H and O–H groups in total. The van der Waals surface area contributed by atoms with Crippen LogP contribution in [0, 0.1) is 0 Å². The van der Waals surface area contributed by atoms with Crippen molar-refractivity contribution in [2.45, 2.75) is 13.3 Å². The highest BCUT2D eigenvalue weighted by Gasteiger charge is 2.12. The molecule has 2 amide bonds. The first-order valence-electron chi connectivity index (χ1n) is 7.33. The molecule has 0 atom stereocenters. The number of hydrogen-bond acceptors (Lipinski definition) is 4. The van der Waals surface area contributed by atoms with Gasteiger partial charge in [0.15, 0.2) is 0 Å². The Hall–Kier alpha value is -2.89. The summed E-state index contributed by atoms with van der Waals surface area (Å²) in [5, 5.41) is 5.49. The van der Waals surface area contributed by atoms with Crippen molar-refractivity contribution in [1.29, 1.82) is 0 Å². The van der Waals surface area contributed by atoms with Crippen LogP contribution in [0.1, 0.15) is 34.2 Å². The van der Waals surface area contributed by atoms with Gasteiger partial charge in [0.1, 0.15) is 11.4 Å². The number of anilines is 1. The fraction of sp³-hybridized carbons (Fsp3) is 0.235. The molecular formula is C17H19N3O3. The monoisotopic (exact) mass is 313 g/mol. The van der Waals surface area contributed by atoms with Gasteiger partial charge in [-0.15, -0.1) is 0 Å². The van der Waals surface area contributed by atoms with Gasteiger partial charge in [-0.25, -0.2) is 0 Å². The smallest absolute Gasteiger partial charge is 0.269 e. The predicted octanol–water partition coefficient (Wildman–Crippen LogP) is 2.48. The second-order valence-corrected chi connectivity index (χ2v) is 4.87. The number of hydrogen-bond donors (Lipinski definition) is 2. The van der Waals surface area contributed by atoms with Gasteiger partial charge in [0.2, 0.25) is 0 Å². The topological polar surface area (TPSA) is 80.3 Å². The van der Waals surface area contributed by atoms with Crippen molar-refractivity contribution >= 4 is 17.5 Å². The second kappa shape index (κ2) is 7.93. The molecule has 0 spiro atoms. The molecule has 0 saturated carbocycles. The summed E-state index contributed by atoms with van der Waals surface area (Å²) in [5.74, 6) is 0.0465. The van der Waals surface area contributed by atoms with Gasteiger partial charge >= 0.3 is 0 Å². The molecular weight excluding hydrogens is 294 g/mol. The number of pyridine rings is 1. The first kappa shape index (κ1) is 16.5. The van der Waals surface area contributed by atoms with Crippen LogP contribution < -0.4 is 15.4 Å². The van der Waals surface area contributed by atoms with Crippen LogP contribution >= 0.6 is 0 Å². The summed E-state index contributed by atoms with van der Waals surface area (Å²) in [7, 11) is 1.56. The van der Waals surface area contributed by atoms with E-state index in [4.69, 9.17) is 4.74 Å². The van der Waals surface area contributed by atoms with E-state index >= 15 is 0 Å². The predicted molar refractivity (Wildman–Crippen MR) is 87.8 cm³/mol. The summed E-state index contributed by atoms with van der Waals surface area (Å²) in [6, 6.07) is 10.1. The van der Waals surface area contributed by atoms with Gasteiger partial charge in [0.05, 0.1) is 7.11 Å². The zero-order valence-electron chi connectivity index (χ0n) is 13.1. The molecule has 0 fully saturated rings. The van der Waals surface area contributed by atoms with E-state index in [1.54, 1.807) is 37.4 Å². The minimum absolute atomic E-state index is 0.219. The molecule has 2 rings (SSSR count). The zero-order valence-corrected chi connectivity index (χ0v) is 13.1. The van der Waals surface area contributed by atoms with Crippen molar-refractivity contribution in [3.8, 4) is 5.75 Å². The van der Waals surface area contributed by atoms with Gasteiger partial charge in [-0.3, -0.25) is 14.6 Å². The molecule has 6 nitrogen and oxygen atoms in total. The lowest BCUT2D eigenvalue weighted by Crippen LogP contribution is -2.25. The van der Waals surface area contributed by atoms with Gasteiger partial charge in [-0.1, -0.05) is 13.0 Å². The van der Waals surface area contributed by atoms with E-state index in [1.165, 1.54) is 12.3 Å². The summed E-state index contributed by atoms with van der Waals surface area (Å²) < 4.78 is 5.12. The van der Waals surface area contributed by atoms with E-state index < -0.39 is 0 Å². The molecule has 23 heavy (non-hydrogen) atoms. The highest BCUT2D eigenvalue weighted by atomic mass is 16.5. The Morgan fingerprint density at radius 3 is 2.74 bits per heavy atom. The summed E-state index contributed by atoms with van der Waals surface area (Å²) in [6.45, 7) is 2.53. The van der Waals surface area contributed by atoms with E-state index in [0.717, 1.165) is 6.42 Å². The fourth-order valence-electron chi connectivity index (χ4n) is 1.93. The van der Waals surface area contributed by atoms with Gasteiger partial charge < -0.3 is 15.4 Å². The standard InChI is InChI=1S/C17H19N3O3/c1-3-8-19-17(22)15-10-12(7-9-18-15)16(21)20-13-5-4-6-14(11-13)23-2/h4-7,9-11H,3,8H2,1-2H3,(H,19,22)(H,20,21). The van der Waals surface area contributed by atoms with E-state index in [9.17, 15) is 9.59 Å². The summed E-state index contributed by atoms with van der Waals surface area (Å²) in [5.41, 5.74) is 1.20. The number of aromatic nitrogens is 1. The highest BCUT2D eigenvalue weighted by molar-refractivity contribution is 6.05. The quantitative estimate of drug-likeness (QED) is 0.858. The molecule has 120 valence electrons. The van der Waals surface area contributed by atoms with Crippen LogP contribution in [0.25, 0.3) is 0 Å². The SMILES string of the molecule is CCCNC(=O)c1cc(C(=O)Nc2cccc(OC)c2)ccn1.